The van der Waals surface area contributed by atoms with Gasteiger partial charge in [-0.05, 0) is 22.8 Å². The van der Waals surface area contributed by atoms with Crippen LogP contribution in [0.5, 0.6) is 0 Å². The Hall–Kier alpha value is -4.30. The van der Waals surface area contributed by atoms with E-state index in [9.17, 15) is 18.6 Å². The van der Waals surface area contributed by atoms with E-state index in [4.69, 9.17) is 4.74 Å². The Labute approximate surface area is 216 Å². The number of fused-ring (bicyclic) bond motifs is 1. The SMILES string of the molecule is C=C1C=C(C(=O)OC(c2ccccc2)c2ccccc2)N2C(=O)C(NC(=O)Cc3ccccc3)[C@H]2S1=O. The molecule has 0 spiro atoms. The zero-order valence-electron chi connectivity index (χ0n) is 19.8. The Morgan fingerprint density at radius 2 is 1.46 bits per heavy atom. The summed E-state index contributed by atoms with van der Waals surface area (Å²) in [5, 5.41) is 1.74. The molecule has 1 fully saturated rings. The lowest BCUT2D eigenvalue weighted by Gasteiger charge is -2.48. The van der Waals surface area contributed by atoms with Gasteiger partial charge in [-0.25, -0.2) is 4.79 Å². The molecule has 7 nitrogen and oxygen atoms in total. The minimum atomic E-state index is -1.70. The van der Waals surface area contributed by atoms with Crippen molar-refractivity contribution in [3.8, 4) is 0 Å². The van der Waals surface area contributed by atoms with Crippen LogP contribution < -0.4 is 5.32 Å². The molecular formula is C29H24N2O5S. The van der Waals surface area contributed by atoms with Gasteiger partial charge in [-0.3, -0.25) is 18.7 Å². The first kappa shape index (κ1) is 24.4. The number of hydrogen-bond donors (Lipinski definition) is 1. The van der Waals surface area contributed by atoms with Gasteiger partial charge in [0.15, 0.2) is 6.10 Å². The fourth-order valence-corrected chi connectivity index (χ4v) is 5.80. The highest BCUT2D eigenvalue weighted by atomic mass is 32.2. The third-order valence-electron chi connectivity index (χ3n) is 6.24. The van der Waals surface area contributed by atoms with Crippen molar-refractivity contribution >= 4 is 28.6 Å². The number of ether oxygens (including phenoxy) is 1. The molecule has 1 saturated heterocycles. The maximum Gasteiger partial charge on any atom is 0.356 e. The van der Waals surface area contributed by atoms with Crippen LogP contribution in [-0.4, -0.2) is 38.3 Å². The minimum absolute atomic E-state index is 0.0509. The predicted molar refractivity (Wildman–Crippen MR) is 139 cm³/mol. The van der Waals surface area contributed by atoms with Crippen molar-refractivity contribution < 1.29 is 23.3 Å². The van der Waals surface area contributed by atoms with Gasteiger partial charge < -0.3 is 10.1 Å². The van der Waals surface area contributed by atoms with Crippen molar-refractivity contribution in [2.24, 2.45) is 0 Å². The van der Waals surface area contributed by atoms with E-state index in [-0.39, 0.29) is 22.9 Å². The van der Waals surface area contributed by atoms with Crippen LogP contribution >= 0.6 is 0 Å². The van der Waals surface area contributed by atoms with Gasteiger partial charge in [0.05, 0.1) is 17.2 Å². The van der Waals surface area contributed by atoms with Gasteiger partial charge in [0.25, 0.3) is 5.91 Å². The van der Waals surface area contributed by atoms with E-state index in [0.717, 1.165) is 21.6 Å². The number of nitrogens with zero attached hydrogens (tertiary/aromatic N) is 1. The summed E-state index contributed by atoms with van der Waals surface area (Å²) in [5.41, 5.74) is 2.26. The second-order valence-electron chi connectivity index (χ2n) is 8.71. The number of amides is 2. The van der Waals surface area contributed by atoms with Crippen LogP contribution in [0.3, 0.4) is 0 Å². The highest BCUT2D eigenvalue weighted by Crippen LogP contribution is 2.37. The molecule has 3 aromatic rings. The maximum absolute atomic E-state index is 13.4. The summed E-state index contributed by atoms with van der Waals surface area (Å²) in [6.07, 6.45) is 0.681. The zero-order valence-corrected chi connectivity index (χ0v) is 20.6. The Morgan fingerprint density at radius 3 is 2.03 bits per heavy atom. The Bertz CT molecular complexity index is 1370. The highest BCUT2D eigenvalue weighted by Gasteiger charge is 2.57. The number of esters is 1. The molecule has 2 unspecified atom stereocenters. The highest BCUT2D eigenvalue weighted by molar-refractivity contribution is 7.90. The van der Waals surface area contributed by atoms with E-state index in [1.165, 1.54) is 6.08 Å². The molecule has 0 saturated carbocycles. The standard InChI is InChI=1S/C29H24N2O5S/c1-19-17-23(29(34)36-26(21-13-7-3-8-14-21)22-15-9-4-10-16-22)31-27(33)25(28(31)37(19)35)30-24(32)18-20-11-5-2-6-12-20/h2-17,25-26,28H,1,18H2,(H,30,32)/t25?,28-,37?/m1/s1. The van der Waals surface area contributed by atoms with Crippen molar-refractivity contribution in [1.82, 2.24) is 10.2 Å². The molecule has 186 valence electrons. The van der Waals surface area contributed by atoms with Crippen molar-refractivity contribution in [3.05, 3.63) is 131 Å². The normalized spacial score (nSPS) is 20.5. The summed E-state index contributed by atoms with van der Waals surface area (Å²) in [6.45, 7) is 3.81. The second kappa shape index (κ2) is 10.4. The van der Waals surface area contributed by atoms with E-state index in [1.54, 1.807) is 0 Å². The first-order valence-corrected chi connectivity index (χ1v) is 12.9. The van der Waals surface area contributed by atoms with Crippen LogP contribution in [-0.2, 0) is 36.3 Å². The van der Waals surface area contributed by atoms with Crippen LogP contribution in [0, 0.1) is 0 Å². The van der Waals surface area contributed by atoms with Gasteiger partial charge in [-0.1, -0.05) is 97.6 Å². The van der Waals surface area contributed by atoms with Gasteiger partial charge in [-0.15, -0.1) is 0 Å². The van der Waals surface area contributed by atoms with E-state index in [2.05, 4.69) is 11.9 Å². The average Bonchev–Trinajstić information content (AvgIpc) is 2.93. The van der Waals surface area contributed by atoms with Gasteiger partial charge in [0, 0.05) is 4.91 Å². The third kappa shape index (κ3) is 4.88. The smallest absolute Gasteiger partial charge is 0.356 e. The molecule has 2 aliphatic rings. The van der Waals surface area contributed by atoms with Crippen LogP contribution in [0.4, 0.5) is 0 Å². The molecule has 2 heterocycles. The van der Waals surface area contributed by atoms with E-state index in [0.29, 0.717) is 0 Å². The van der Waals surface area contributed by atoms with Gasteiger partial charge >= 0.3 is 5.97 Å². The molecule has 1 N–H and O–H groups in total. The summed E-state index contributed by atoms with van der Waals surface area (Å²) >= 11 is 0. The Kier molecular flexibility index (Phi) is 6.83. The van der Waals surface area contributed by atoms with Crippen LogP contribution in [0.25, 0.3) is 0 Å². The third-order valence-corrected chi connectivity index (χ3v) is 7.80. The molecule has 3 atom stereocenters. The zero-order chi connectivity index (χ0) is 25.9. The van der Waals surface area contributed by atoms with Gasteiger partial charge in [0.2, 0.25) is 5.91 Å². The molecule has 0 aliphatic carbocycles. The van der Waals surface area contributed by atoms with Crippen molar-refractivity contribution in [3.63, 3.8) is 0 Å². The predicted octanol–water partition coefficient (Wildman–Crippen LogP) is 3.37. The summed E-state index contributed by atoms with van der Waals surface area (Å²) < 4.78 is 18.9. The Balaban J connectivity index is 1.36. The first-order chi connectivity index (χ1) is 17.9. The van der Waals surface area contributed by atoms with Crippen LogP contribution in [0.1, 0.15) is 22.8 Å². The minimum Gasteiger partial charge on any atom is -0.448 e. The number of nitrogens with one attached hydrogen (secondary N) is 1. The van der Waals surface area contributed by atoms with Crippen LogP contribution in [0.2, 0.25) is 0 Å². The van der Waals surface area contributed by atoms with E-state index < -0.39 is 40.2 Å². The number of carbonyl (C=O) groups excluding carboxylic acids is 3. The molecule has 2 aliphatic heterocycles. The van der Waals surface area contributed by atoms with Gasteiger partial charge in [-0.2, -0.15) is 0 Å². The number of rotatable bonds is 7. The molecule has 8 heteroatoms. The molecule has 3 aromatic carbocycles. The maximum atomic E-state index is 13.4. The average molecular weight is 513 g/mol. The molecular weight excluding hydrogens is 488 g/mol. The Morgan fingerprint density at radius 1 is 0.919 bits per heavy atom. The summed E-state index contributed by atoms with van der Waals surface area (Å²) in [5.74, 6) is -1.65. The quantitative estimate of drug-likeness (QED) is 0.387. The number of hydrogen-bond acceptors (Lipinski definition) is 5. The fraction of sp³-hybridized carbons (Fsp3) is 0.138. The lowest BCUT2D eigenvalue weighted by atomic mass is 10.0. The number of β-lactam (4-membered cyclic amide) rings is 1. The largest absolute Gasteiger partial charge is 0.448 e. The number of allylic oxidation sites excluding steroid dienone is 1. The second-order valence-corrected chi connectivity index (χ2v) is 10.3. The molecule has 0 bridgehead atoms. The molecule has 37 heavy (non-hydrogen) atoms. The van der Waals surface area contributed by atoms with Crippen molar-refractivity contribution in [1.29, 1.82) is 0 Å². The van der Waals surface area contributed by atoms with E-state index in [1.807, 2.05) is 91.0 Å². The molecule has 2 amide bonds. The van der Waals surface area contributed by atoms with E-state index >= 15 is 0 Å². The summed E-state index contributed by atoms with van der Waals surface area (Å²) in [6, 6.07) is 26.6. The fourth-order valence-electron chi connectivity index (χ4n) is 4.42. The molecule has 0 radical (unpaired) electrons. The summed E-state index contributed by atoms with van der Waals surface area (Å²) in [7, 11) is -1.70. The number of benzene rings is 3. The van der Waals surface area contributed by atoms with Crippen molar-refractivity contribution in [2.45, 2.75) is 23.9 Å². The lowest BCUT2D eigenvalue weighted by Crippen LogP contribution is -2.73. The van der Waals surface area contributed by atoms with Gasteiger partial charge in [0.1, 0.15) is 17.1 Å². The molecule has 0 aromatic heterocycles. The topological polar surface area (TPSA) is 92.8 Å². The first-order valence-electron chi connectivity index (χ1n) is 11.7. The van der Waals surface area contributed by atoms with Crippen LogP contribution in [0.15, 0.2) is 114 Å². The van der Waals surface area contributed by atoms with Crippen molar-refractivity contribution in [2.75, 3.05) is 0 Å². The lowest BCUT2D eigenvalue weighted by molar-refractivity contribution is -0.154. The summed E-state index contributed by atoms with van der Waals surface area (Å²) in [4.78, 5) is 40.4. The monoisotopic (exact) mass is 512 g/mol. The number of carbonyl (C=O) groups is 3. The molecule has 5 rings (SSSR count).